The van der Waals surface area contributed by atoms with Gasteiger partial charge in [0.2, 0.25) is 0 Å². The van der Waals surface area contributed by atoms with Crippen LogP contribution in [-0.4, -0.2) is 63.1 Å². The fourth-order valence-corrected chi connectivity index (χ4v) is 5.43. The highest BCUT2D eigenvalue weighted by Crippen LogP contribution is 2.36. The molecule has 200 valence electrons. The van der Waals surface area contributed by atoms with Crippen LogP contribution in [-0.2, 0) is 4.74 Å². The summed E-state index contributed by atoms with van der Waals surface area (Å²) >= 11 is 0. The highest BCUT2D eigenvalue weighted by molar-refractivity contribution is 6.05. The molecule has 11 heteroatoms. The number of hydrogen-bond donors (Lipinski definition) is 1. The van der Waals surface area contributed by atoms with Crippen LogP contribution in [0.15, 0.2) is 28.7 Å². The smallest absolute Gasteiger partial charge is 0.298 e. The van der Waals surface area contributed by atoms with Crippen LogP contribution in [0, 0.1) is 0 Å². The third-order valence-electron chi connectivity index (χ3n) is 7.24. The number of para-hydroxylation sites is 1. The number of benzene rings is 1. The van der Waals surface area contributed by atoms with Crippen molar-refractivity contribution in [2.45, 2.75) is 51.4 Å². The highest BCUT2D eigenvalue weighted by atomic mass is 19.3. The van der Waals surface area contributed by atoms with E-state index in [9.17, 15) is 13.9 Å². The molecular weight excluding hydrogens is 496 g/mol. The molecule has 38 heavy (non-hydrogen) atoms. The summed E-state index contributed by atoms with van der Waals surface area (Å²) in [6.45, 7) is 5.58. The lowest BCUT2D eigenvalue weighted by molar-refractivity contribution is -0.0417. The topological polar surface area (TPSA) is 98.7 Å². The lowest BCUT2D eigenvalue weighted by Gasteiger charge is -2.30. The number of alkyl halides is 2. The number of rotatable bonds is 5. The molecule has 0 spiro atoms. The molecular formula is C27H29F2N5O4. The van der Waals surface area contributed by atoms with E-state index < -0.39 is 18.4 Å². The van der Waals surface area contributed by atoms with Crippen LogP contribution in [0.3, 0.4) is 0 Å². The number of halogens is 2. The van der Waals surface area contributed by atoms with Crippen molar-refractivity contribution in [2.24, 2.45) is 0 Å². The van der Waals surface area contributed by atoms with Gasteiger partial charge in [0.1, 0.15) is 17.2 Å². The van der Waals surface area contributed by atoms with Gasteiger partial charge in [-0.2, -0.15) is 4.98 Å². The Kier molecular flexibility index (Phi) is 6.48. The number of aromatic nitrogens is 4. The third-order valence-corrected chi connectivity index (χ3v) is 7.24. The molecule has 4 aromatic rings. The Balaban J connectivity index is 1.34. The minimum atomic E-state index is -2.81. The van der Waals surface area contributed by atoms with Crippen molar-refractivity contribution in [3.63, 3.8) is 0 Å². The van der Waals surface area contributed by atoms with Crippen LogP contribution in [0.1, 0.15) is 45.0 Å². The molecule has 3 atom stereocenters. The Morgan fingerprint density at radius 2 is 1.97 bits per heavy atom. The van der Waals surface area contributed by atoms with Crippen LogP contribution in [0.5, 0.6) is 6.01 Å². The zero-order valence-corrected chi connectivity index (χ0v) is 21.2. The summed E-state index contributed by atoms with van der Waals surface area (Å²) in [6.07, 6.45) is 1.38. The second kappa shape index (κ2) is 9.95. The predicted molar refractivity (Wildman–Crippen MR) is 138 cm³/mol. The van der Waals surface area contributed by atoms with Crippen molar-refractivity contribution >= 4 is 40.0 Å². The molecule has 6 rings (SSSR count). The minimum absolute atomic E-state index is 0.228. The van der Waals surface area contributed by atoms with Gasteiger partial charge in [0.25, 0.3) is 12.4 Å². The van der Waals surface area contributed by atoms with Crippen LogP contribution < -0.4 is 20.3 Å². The van der Waals surface area contributed by atoms with E-state index in [1.54, 1.807) is 12.1 Å². The van der Waals surface area contributed by atoms with E-state index in [1.807, 2.05) is 47.6 Å². The van der Waals surface area contributed by atoms with Gasteiger partial charge in [0, 0.05) is 25.0 Å². The monoisotopic (exact) mass is 525 g/mol. The molecule has 2 saturated heterocycles. The van der Waals surface area contributed by atoms with Gasteiger partial charge in [-0.1, -0.05) is 24.3 Å². The Bertz CT molecular complexity index is 1600. The first-order valence-corrected chi connectivity index (χ1v) is 12.8. The van der Waals surface area contributed by atoms with Gasteiger partial charge >= 0.3 is 0 Å². The van der Waals surface area contributed by atoms with Gasteiger partial charge in [-0.15, -0.1) is 0 Å². The van der Waals surface area contributed by atoms with Gasteiger partial charge in [0.05, 0.1) is 36.0 Å². The Labute approximate surface area is 217 Å². The Morgan fingerprint density at radius 3 is 2.74 bits per heavy atom. The van der Waals surface area contributed by atoms with E-state index in [2.05, 4.69) is 9.97 Å². The number of aliphatic hydroxyl groups is 1. The van der Waals surface area contributed by atoms with Gasteiger partial charge in [-0.25, -0.2) is 18.7 Å². The quantitative estimate of drug-likeness (QED) is 0.425. The number of ether oxygens (including phenoxy) is 2. The number of anilines is 1. The van der Waals surface area contributed by atoms with Crippen LogP contribution in [0.2, 0.25) is 0 Å². The maximum Gasteiger partial charge on any atom is 0.298 e. The molecule has 0 bridgehead atoms. The number of aliphatic hydroxyl groups excluding tert-OH is 1. The molecule has 0 radical (unpaired) electrons. The average molecular weight is 526 g/mol. The van der Waals surface area contributed by atoms with Crippen molar-refractivity contribution in [1.29, 1.82) is 0 Å². The van der Waals surface area contributed by atoms with Crippen molar-refractivity contribution in [3.8, 4) is 6.01 Å². The van der Waals surface area contributed by atoms with Gasteiger partial charge in [0.15, 0.2) is 17.2 Å². The molecule has 9 nitrogen and oxygen atoms in total. The second-order valence-electron chi connectivity index (χ2n) is 9.57. The minimum Gasteiger partial charge on any atom is -0.459 e. The fourth-order valence-electron chi connectivity index (χ4n) is 5.43. The lowest BCUT2D eigenvalue weighted by Crippen LogP contribution is -2.41. The molecule has 0 saturated carbocycles. The van der Waals surface area contributed by atoms with Crippen LogP contribution in [0.4, 0.5) is 14.6 Å². The van der Waals surface area contributed by atoms with Crippen molar-refractivity contribution in [2.75, 3.05) is 31.2 Å². The molecule has 5 heterocycles. The molecule has 2 fully saturated rings. The summed E-state index contributed by atoms with van der Waals surface area (Å²) in [7, 11) is 0. The number of fused-ring (bicyclic) bond motifs is 3. The molecule has 0 aliphatic carbocycles. The van der Waals surface area contributed by atoms with E-state index >= 15 is 0 Å². The highest BCUT2D eigenvalue weighted by Gasteiger charge is 2.33. The summed E-state index contributed by atoms with van der Waals surface area (Å²) in [6, 6.07) is 7.44. The fraction of sp³-hybridized carbons (Fsp3) is 0.444. The summed E-state index contributed by atoms with van der Waals surface area (Å²) < 4.78 is 47.3. The van der Waals surface area contributed by atoms with E-state index in [4.69, 9.17) is 18.9 Å². The maximum absolute atomic E-state index is 13.7. The molecule has 1 N–H and O–H groups in total. The van der Waals surface area contributed by atoms with Gasteiger partial charge in [-0.3, -0.25) is 4.57 Å². The van der Waals surface area contributed by atoms with Gasteiger partial charge in [-0.05, 0) is 32.4 Å². The number of imidazole rings is 1. The van der Waals surface area contributed by atoms with Crippen molar-refractivity contribution in [1.82, 2.24) is 19.5 Å². The Hall–Kier alpha value is -3.57. The molecule has 3 aromatic heterocycles. The zero-order valence-electron chi connectivity index (χ0n) is 21.2. The largest absolute Gasteiger partial charge is 0.459 e. The standard InChI is InChI=1S/C27H29F2N5O4/c1-3-17-18(4-2)34(19-10-12-36-14-20(19)35)27(30-17)37-15-9-11-33(13-15)26-23-22(31-25(32-26)24(28)29)16-7-5-6-8-21(16)38-23/h3-8,15,19-20,24,35H,9-14H2,1-2H3/b17-3+,18-4+/t15-,19+,20?/m0/s1. The summed E-state index contributed by atoms with van der Waals surface area (Å²) in [4.78, 5) is 14.9. The molecule has 1 aromatic carbocycles. The molecule has 0 amide bonds. The third kappa shape index (κ3) is 4.19. The summed E-state index contributed by atoms with van der Waals surface area (Å²) in [5, 5.41) is 13.0. The van der Waals surface area contributed by atoms with Gasteiger partial charge < -0.3 is 23.9 Å². The molecule has 2 aliphatic rings. The first-order chi connectivity index (χ1) is 18.5. The Morgan fingerprint density at radius 1 is 1.13 bits per heavy atom. The number of nitrogens with zero attached hydrogens (tertiary/aromatic N) is 5. The normalized spacial score (nSPS) is 23.4. The van der Waals surface area contributed by atoms with E-state index in [0.717, 1.165) is 10.7 Å². The van der Waals surface area contributed by atoms with E-state index in [0.29, 0.717) is 66.4 Å². The van der Waals surface area contributed by atoms with E-state index in [1.165, 1.54) is 0 Å². The van der Waals surface area contributed by atoms with Crippen LogP contribution >= 0.6 is 0 Å². The zero-order chi connectivity index (χ0) is 26.4. The lowest BCUT2D eigenvalue weighted by atomic mass is 10.1. The first kappa shape index (κ1) is 24.7. The number of furan rings is 1. The summed E-state index contributed by atoms with van der Waals surface area (Å²) in [5.41, 5.74) is 1.33. The number of hydrogen-bond acceptors (Lipinski definition) is 8. The van der Waals surface area contributed by atoms with Crippen LogP contribution in [0.25, 0.3) is 34.2 Å². The predicted octanol–water partition coefficient (Wildman–Crippen LogP) is 3.09. The van der Waals surface area contributed by atoms with Crippen molar-refractivity contribution in [3.05, 3.63) is 40.8 Å². The second-order valence-corrected chi connectivity index (χ2v) is 9.57. The molecule has 1 unspecified atom stereocenters. The van der Waals surface area contributed by atoms with Crippen molar-refractivity contribution < 1.29 is 27.8 Å². The SMILES string of the molecule is C/C=c1/nc(O[C@H]2CCN(c3nc(C(F)F)nc4c3oc3ccccc34)C2)n([C@@H]2CCOCC2O)/c1=C/C. The van der Waals surface area contributed by atoms with E-state index in [-0.39, 0.29) is 18.8 Å². The molecule has 2 aliphatic heterocycles. The first-order valence-electron chi connectivity index (χ1n) is 12.8. The average Bonchev–Trinajstić information content (AvgIpc) is 3.63. The maximum atomic E-state index is 13.7. The summed E-state index contributed by atoms with van der Waals surface area (Å²) in [5.74, 6) is -0.195.